The minimum absolute atomic E-state index is 0.110. The molecule has 6 nitrogen and oxygen atoms in total. The van der Waals surface area contributed by atoms with Crippen molar-refractivity contribution in [1.82, 2.24) is 19.1 Å². The highest BCUT2D eigenvalue weighted by Gasteiger charge is 2.13. The van der Waals surface area contributed by atoms with Crippen LogP contribution in [0.25, 0.3) is 27.8 Å². The molecular weight excluding hydrogens is 388 g/mol. The molecule has 0 radical (unpaired) electrons. The highest BCUT2D eigenvalue weighted by Crippen LogP contribution is 2.23. The summed E-state index contributed by atoms with van der Waals surface area (Å²) in [5.41, 5.74) is 4.21. The molecule has 0 amide bonds. The fourth-order valence-corrected chi connectivity index (χ4v) is 3.57. The van der Waals surface area contributed by atoms with Gasteiger partial charge in [0.1, 0.15) is 12.4 Å². The molecule has 3 heterocycles. The zero-order chi connectivity index (χ0) is 21.2. The Labute approximate surface area is 179 Å². The molecule has 0 atom stereocenters. The molecule has 31 heavy (non-hydrogen) atoms. The Balaban J connectivity index is 1.39. The predicted octanol–water partition coefficient (Wildman–Crippen LogP) is 4.37. The van der Waals surface area contributed by atoms with Gasteiger partial charge in [0.05, 0.1) is 22.6 Å². The van der Waals surface area contributed by atoms with Crippen LogP contribution in [0.15, 0.2) is 96.2 Å². The Bertz CT molecular complexity index is 1400. The minimum atomic E-state index is -0.110. The summed E-state index contributed by atoms with van der Waals surface area (Å²) in [5.74, 6) is 0.716. The molecule has 0 aliphatic rings. The Morgan fingerprint density at radius 1 is 0.903 bits per heavy atom. The van der Waals surface area contributed by atoms with Crippen molar-refractivity contribution >= 4 is 10.9 Å². The van der Waals surface area contributed by atoms with Gasteiger partial charge in [-0.1, -0.05) is 24.3 Å². The van der Waals surface area contributed by atoms with E-state index in [4.69, 9.17) is 4.74 Å². The van der Waals surface area contributed by atoms with Gasteiger partial charge >= 0.3 is 5.69 Å². The van der Waals surface area contributed by atoms with Gasteiger partial charge in [0.15, 0.2) is 0 Å². The van der Waals surface area contributed by atoms with Crippen LogP contribution >= 0.6 is 0 Å². The second kappa shape index (κ2) is 7.91. The number of rotatable bonds is 5. The van der Waals surface area contributed by atoms with Crippen LogP contribution in [0.4, 0.5) is 0 Å². The van der Waals surface area contributed by atoms with Gasteiger partial charge in [-0.2, -0.15) is 0 Å². The van der Waals surface area contributed by atoms with Crippen LogP contribution in [0.1, 0.15) is 5.69 Å². The van der Waals surface area contributed by atoms with Crippen molar-refractivity contribution in [2.24, 2.45) is 7.05 Å². The molecule has 0 unspecified atom stereocenters. The fourth-order valence-electron chi connectivity index (χ4n) is 3.57. The first-order valence-corrected chi connectivity index (χ1v) is 9.96. The van der Waals surface area contributed by atoms with Gasteiger partial charge in [0.25, 0.3) is 0 Å². The van der Waals surface area contributed by atoms with Crippen LogP contribution in [0.3, 0.4) is 0 Å². The maximum atomic E-state index is 12.7. The molecule has 0 bridgehead atoms. The number of aryl methyl sites for hydroxylation is 1. The fraction of sp³-hybridized carbons (Fsp3) is 0.0800. The van der Waals surface area contributed by atoms with E-state index in [2.05, 4.69) is 9.97 Å². The molecule has 152 valence electrons. The lowest BCUT2D eigenvalue weighted by atomic mass is 10.2. The summed E-state index contributed by atoms with van der Waals surface area (Å²) in [6.07, 6.45) is 5.26. The Kier molecular flexibility index (Phi) is 4.80. The summed E-state index contributed by atoms with van der Waals surface area (Å²) in [4.78, 5) is 21.4. The van der Waals surface area contributed by atoms with Gasteiger partial charge in [-0.15, -0.1) is 0 Å². The van der Waals surface area contributed by atoms with E-state index < -0.39 is 0 Å². The van der Waals surface area contributed by atoms with Gasteiger partial charge in [0, 0.05) is 36.6 Å². The molecule has 0 fully saturated rings. The van der Waals surface area contributed by atoms with Gasteiger partial charge in [-0.3, -0.25) is 9.55 Å². The lowest BCUT2D eigenvalue weighted by Crippen LogP contribution is -2.21. The van der Waals surface area contributed by atoms with Gasteiger partial charge in [-0.25, -0.2) is 9.78 Å². The van der Waals surface area contributed by atoms with Crippen molar-refractivity contribution in [3.63, 3.8) is 0 Å². The number of para-hydroxylation sites is 1. The summed E-state index contributed by atoms with van der Waals surface area (Å²) in [6, 6.07) is 23.3. The van der Waals surface area contributed by atoms with Crippen molar-refractivity contribution in [3.8, 4) is 22.7 Å². The number of hydrogen-bond donors (Lipinski definition) is 0. The summed E-state index contributed by atoms with van der Waals surface area (Å²) in [7, 11) is 1.75. The van der Waals surface area contributed by atoms with E-state index in [1.165, 1.54) is 0 Å². The number of hydrogen-bond acceptors (Lipinski definition) is 4. The number of fused-ring (bicyclic) bond motifs is 1. The molecule has 6 heteroatoms. The van der Waals surface area contributed by atoms with E-state index >= 15 is 0 Å². The van der Waals surface area contributed by atoms with Gasteiger partial charge in [-0.05, 0) is 48.5 Å². The van der Waals surface area contributed by atoms with E-state index in [0.717, 1.165) is 33.5 Å². The quantitative estimate of drug-likeness (QED) is 0.433. The van der Waals surface area contributed by atoms with E-state index in [1.807, 2.05) is 79.0 Å². The van der Waals surface area contributed by atoms with Gasteiger partial charge in [0.2, 0.25) is 0 Å². The molecule has 0 saturated carbocycles. The zero-order valence-corrected chi connectivity index (χ0v) is 17.0. The highest BCUT2D eigenvalue weighted by atomic mass is 16.5. The Morgan fingerprint density at radius 2 is 1.68 bits per heavy atom. The monoisotopic (exact) mass is 408 g/mol. The molecule has 5 rings (SSSR count). The van der Waals surface area contributed by atoms with Crippen molar-refractivity contribution in [3.05, 3.63) is 108 Å². The first-order valence-electron chi connectivity index (χ1n) is 9.96. The third kappa shape index (κ3) is 3.71. The van der Waals surface area contributed by atoms with Crippen LogP contribution in [0, 0.1) is 0 Å². The van der Waals surface area contributed by atoms with E-state index in [1.54, 1.807) is 28.6 Å². The van der Waals surface area contributed by atoms with Gasteiger partial charge < -0.3 is 9.30 Å². The molecule has 0 N–H and O–H groups in total. The molecule has 0 aliphatic carbocycles. The number of ether oxygens (including phenoxy) is 1. The summed E-state index contributed by atoms with van der Waals surface area (Å²) >= 11 is 0. The second-order valence-electron chi connectivity index (χ2n) is 7.26. The lowest BCUT2D eigenvalue weighted by molar-refractivity contribution is 0.302. The summed E-state index contributed by atoms with van der Waals surface area (Å²) in [6.45, 7) is 0.373. The third-order valence-corrected chi connectivity index (χ3v) is 5.16. The normalized spacial score (nSPS) is 11.0. The largest absolute Gasteiger partial charge is 0.487 e. The zero-order valence-electron chi connectivity index (χ0n) is 17.0. The number of nitrogens with zero attached hydrogens (tertiary/aromatic N) is 4. The van der Waals surface area contributed by atoms with Crippen LogP contribution in [-0.2, 0) is 13.7 Å². The van der Waals surface area contributed by atoms with Crippen molar-refractivity contribution < 1.29 is 4.74 Å². The van der Waals surface area contributed by atoms with Crippen LogP contribution < -0.4 is 10.4 Å². The lowest BCUT2D eigenvalue weighted by Gasteiger charge is -2.10. The summed E-state index contributed by atoms with van der Waals surface area (Å²) < 4.78 is 9.18. The molecule has 0 saturated heterocycles. The molecule has 0 spiro atoms. The van der Waals surface area contributed by atoms with Crippen molar-refractivity contribution in [2.75, 3.05) is 0 Å². The smallest absolute Gasteiger partial charge is 0.332 e. The third-order valence-electron chi connectivity index (χ3n) is 5.16. The maximum Gasteiger partial charge on any atom is 0.332 e. The van der Waals surface area contributed by atoms with E-state index in [9.17, 15) is 4.79 Å². The van der Waals surface area contributed by atoms with E-state index in [0.29, 0.717) is 12.4 Å². The number of aromatic nitrogens is 4. The van der Waals surface area contributed by atoms with Crippen LogP contribution in [-0.4, -0.2) is 19.1 Å². The first-order chi connectivity index (χ1) is 15.2. The van der Waals surface area contributed by atoms with Crippen LogP contribution in [0.5, 0.6) is 5.75 Å². The Hall–Kier alpha value is -4.19. The second-order valence-corrected chi connectivity index (χ2v) is 7.26. The SMILES string of the molecule is Cn1cc(-c2ccncc2)n(-c2ccc(OCc3ccc4ccccc4n3)cc2)c1=O. The standard InChI is InChI=1S/C25H20N4O2/c1-28-16-24(19-12-14-26-15-13-19)29(25(28)30)21-8-10-22(11-9-21)31-17-20-7-6-18-4-2-3-5-23(18)27-20/h2-16H,17H2,1H3. The molecule has 2 aromatic carbocycles. The maximum absolute atomic E-state index is 12.7. The van der Waals surface area contributed by atoms with E-state index in [-0.39, 0.29) is 5.69 Å². The number of benzene rings is 2. The minimum Gasteiger partial charge on any atom is -0.487 e. The van der Waals surface area contributed by atoms with Crippen LogP contribution in [0.2, 0.25) is 0 Å². The summed E-state index contributed by atoms with van der Waals surface area (Å²) in [5, 5.41) is 1.11. The first kappa shape index (κ1) is 18.8. The molecule has 5 aromatic rings. The van der Waals surface area contributed by atoms with Crippen molar-refractivity contribution in [1.29, 1.82) is 0 Å². The number of pyridine rings is 2. The highest BCUT2D eigenvalue weighted by molar-refractivity contribution is 5.78. The topological polar surface area (TPSA) is 61.9 Å². The molecular formula is C25H20N4O2. The number of imidazole rings is 1. The average molecular weight is 408 g/mol. The predicted molar refractivity (Wildman–Crippen MR) is 120 cm³/mol. The van der Waals surface area contributed by atoms with Crippen molar-refractivity contribution in [2.45, 2.75) is 6.61 Å². The average Bonchev–Trinajstić information content (AvgIpc) is 3.13. The molecule has 0 aliphatic heterocycles. The molecule has 3 aromatic heterocycles. The Morgan fingerprint density at radius 3 is 2.48 bits per heavy atom.